The zero-order valence-corrected chi connectivity index (χ0v) is 12.3. The van der Waals surface area contributed by atoms with E-state index in [4.69, 9.17) is 0 Å². The zero-order chi connectivity index (χ0) is 14.0. The number of hydrogen-bond donors (Lipinski definition) is 2. The SMILES string of the molecule is Cc1nn(C(C)C)c(C)c1NC(=O)NC1CCCC1. The first-order valence-corrected chi connectivity index (χ1v) is 7.12. The van der Waals surface area contributed by atoms with Crippen molar-refractivity contribution in [2.24, 2.45) is 0 Å². The molecule has 5 heteroatoms. The largest absolute Gasteiger partial charge is 0.335 e. The van der Waals surface area contributed by atoms with Crippen LogP contribution in [0.15, 0.2) is 0 Å². The quantitative estimate of drug-likeness (QED) is 0.881. The molecule has 2 amide bonds. The van der Waals surface area contributed by atoms with Gasteiger partial charge in [0, 0.05) is 12.1 Å². The maximum Gasteiger partial charge on any atom is 0.319 e. The van der Waals surface area contributed by atoms with E-state index in [9.17, 15) is 4.79 Å². The predicted molar refractivity (Wildman–Crippen MR) is 76.5 cm³/mol. The van der Waals surface area contributed by atoms with E-state index in [0.717, 1.165) is 29.9 Å². The van der Waals surface area contributed by atoms with E-state index >= 15 is 0 Å². The lowest BCUT2D eigenvalue weighted by molar-refractivity contribution is 0.248. The Labute approximate surface area is 114 Å². The van der Waals surface area contributed by atoms with Crippen molar-refractivity contribution in [1.29, 1.82) is 0 Å². The van der Waals surface area contributed by atoms with Crippen molar-refractivity contribution in [3.05, 3.63) is 11.4 Å². The first kappa shape index (κ1) is 13.9. The molecule has 0 aliphatic heterocycles. The van der Waals surface area contributed by atoms with Crippen molar-refractivity contribution in [3.63, 3.8) is 0 Å². The molecule has 1 aliphatic carbocycles. The molecule has 5 nitrogen and oxygen atoms in total. The summed E-state index contributed by atoms with van der Waals surface area (Å²) in [6, 6.07) is 0.523. The molecular weight excluding hydrogens is 240 g/mol. The fraction of sp³-hybridized carbons (Fsp3) is 0.714. The van der Waals surface area contributed by atoms with E-state index in [0.29, 0.717) is 12.1 Å². The van der Waals surface area contributed by atoms with E-state index < -0.39 is 0 Å². The van der Waals surface area contributed by atoms with Gasteiger partial charge in [-0.15, -0.1) is 0 Å². The van der Waals surface area contributed by atoms with Gasteiger partial charge < -0.3 is 10.6 Å². The summed E-state index contributed by atoms with van der Waals surface area (Å²) in [7, 11) is 0. The lowest BCUT2D eigenvalue weighted by Gasteiger charge is -2.13. The Hall–Kier alpha value is -1.52. The fourth-order valence-corrected chi connectivity index (χ4v) is 2.75. The molecule has 1 aromatic heterocycles. The monoisotopic (exact) mass is 264 g/mol. The van der Waals surface area contributed by atoms with Crippen LogP contribution in [0.5, 0.6) is 0 Å². The highest BCUT2D eigenvalue weighted by Crippen LogP contribution is 2.23. The van der Waals surface area contributed by atoms with Gasteiger partial charge in [0.2, 0.25) is 0 Å². The molecule has 1 aromatic rings. The van der Waals surface area contributed by atoms with Gasteiger partial charge in [0.25, 0.3) is 0 Å². The first-order valence-electron chi connectivity index (χ1n) is 7.12. The van der Waals surface area contributed by atoms with Crippen molar-refractivity contribution in [1.82, 2.24) is 15.1 Å². The predicted octanol–water partition coefficient (Wildman–Crippen LogP) is 3.14. The Morgan fingerprint density at radius 1 is 1.32 bits per heavy atom. The number of urea groups is 1. The number of aryl methyl sites for hydroxylation is 1. The van der Waals surface area contributed by atoms with Crippen molar-refractivity contribution >= 4 is 11.7 Å². The summed E-state index contributed by atoms with van der Waals surface area (Å²) < 4.78 is 1.94. The molecule has 19 heavy (non-hydrogen) atoms. The molecule has 0 unspecified atom stereocenters. The number of hydrogen-bond acceptors (Lipinski definition) is 2. The molecule has 1 saturated carbocycles. The molecule has 1 fully saturated rings. The molecule has 2 rings (SSSR count). The van der Waals surface area contributed by atoms with Gasteiger partial charge in [-0.3, -0.25) is 4.68 Å². The summed E-state index contributed by atoms with van der Waals surface area (Å²) in [4.78, 5) is 12.0. The van der Waals surface area contributed by atoms with Crippen molar-refractivity contribution in [2.75, 3.05) is 5.32 Å². The first-order chi connectivity index (χ1) is 8.99. The van der Waals surface area contributed by atoms with Crippen molar-refractivity contribution < 1.29 is 4.79 Å². The summed E-state index contributed by atoms with van der Waals surface area (Å²) in [5.41, 5.74) is 2.71. The Morgan fingerprint density at radius 2 is 1.95 bits per heavy atom. The average molecular weight is 264 g/mol. The normalized spacial score (nSPS) is 16.1. The number of nitrogens with zero attached hydrogens (tertiary/aromatic N) is 2. The van der Waals surface area contributed by atoms with Gasteiger partial charge in [-0.05, 0) is 40.5 Å². The topological polar surface area (TPSA) is 59.0 Å². The lowest BCUT2D eigenvalue weighted by Crippen LogP contribution is -2.36. The van der Waals surface area contributed by atoms with E-state index in [2.05, 4.69) is 29.6 Å². The fourth-order valence-electron chi connectivity index (χ4n) is 2.75. The van der Waals surface area contributed by atoms with Crippen LogP contribution >= 0.6 is 0 Å². The summed E-state index contributed by atoms with van der Waals surface area (Å²) in [6.45, 7) is 8.09. The third-order valence-electron chi connectivity index (χ3n) is 3.74. The van der Waals surface area contributed by atoms with Crippen LogP contribution in [0.25, 0.3) is 0 Å². The smallest absolute Gasteiger partial charge is 0.319 e. The zero-order valence-electron chi connectivity index (χ0n) is 12.3. The molecule has 1 aliphatic rings. The number of aromatic nitrogens is 2. The number of amides is 2. The highest BCUT2D eigenvalue weighted by molar-refractivity contribution is 5.90. The average Bonchev–Trinajstić information content (AvgIpc) is 2.92. The van der Waals surface area contributed by atoms with Crippen LogP contribution in [0.2, 0.25) is 0 Å². The molecule has 1 heterocycles. The van der Waals surface area contributed by atoms with Crippen LogP contribution in [0, 0.1) is 13.8 Å². The van der Waals surface area contributed by atoms with Crippen molar-refractivity contribution in [3.8, 4) is 0 Å². The molecule has 0 bridgehead atoms. The van der Waals surface area contributed by atoms with Crippen LogP contribution in [0.3, 0.4) is 0 Å². The second-order valence-corrected chi connectivity index (χ2v) is 5.66. The minimum atomic E-state index is -0.110. The number of nitrogens with one attached hydrogen (secondary N) is 2. The summed E-state index contributed by atoms with van der Waals surface area (Å²) >= 11 is 0. The maximum atomic E-state index is 12.0. The van der Waals surface area contributed by atoms with Gasteiger partial charge in [-0.1, -0.05) is 12.8 Å². The molecule has 0 aromatic carbocycles. The molecular formula is C14H24N4O. The van der Waals surface area contributed by atoms with Crippen LogP contribution in [-0.4, -0.2) is 21.9 Å². The van der Waals surface area contributed by atoms with Crippen LogP contribution < -0.4 is 10.6 Å². The Kier molecular flexibility index (Phi) is 4.12. The third-order valence-corrected chi connectivity index (χ3v) is 3.74. The molecule has 0 atom stereocenters. The van der Waals surface area contributed by atoms with Gasteiger partial charge >= 0.3 is 6.03 Å². The molecule has 0 radical (unpaired) electrons. The van der Waals surface area contributed by atoms with E-state index in [1.165, 1.54) is 12.8 Å². The highest BCUT2D eigenvalue weighted by atomic mass is 16.2. The Bertz CT molecular complexity index is 458. The number of carbonyl (C=O) groups excluding carboxylic acids is 1. The standard InChI is InChI=1S/C14H24N4O/c1-9(2)18-11(4)13(10(3)17-18)16-14(19)15-12-7-5-6-8-12/h9,12H,5-8H2,1-4H3,(H2,15,16,19). The molecule has 106 valence electrons. The minimum absolute atomic E-state index is 0.110. The van der Waals surface area contributed by atoms with E-state index in [1.807, 2.05) is 18.5 Å². The highest BCUT2D eigenvalue weighted by Gasteiger charge is 2.19. The van der Waals surface area contributed by atoms with Crippen LogP contribution in [0.4, 0.5) is 10.5 Å². The van der Waals surface area contributed by atoms with E-state index in [-0.39, 0.29) is 6.03 Å². The molecule has 0 spiro atoms. The summed E-state index contributed by atoms with van der Waals surface area (Å²) in [5.74, 6) is 0. The number of anilines is 1. The minimum Gasteiger partial charge on any atom is -0.335 e. The van der Waals surface area contributed by atoms with Gasteiger partial charge in [0.1, 0.15) is 0 Å². The van der Waals surface area contributed by atoms with E-state index in [1.54, 1.807) is 0 Å². The van der Waals surface area contributed by atoms with Gasteiger partial charge in [-0.2, -0.15) is 5.10 Å². The summed E-state index contributed by atoms with van der Waals surface area (Å²) in [5, 5.41) is 10.4. The van der Waals surface area contributed by atoms with Gasteiger partial charge in [0.05, 0.1) is 17.1 Å². The van der Waals surface area contributed by atoms with Crippen LogP contribution in [-0.2, 0) is 0 Å². The number of carbonyl (C=O) groups is 1. The van der Waals surface area contributed by atoms with Crippen LogP contribution in [0.1, 0.15) is 57.0 Å². The van der Waals surface area contributed by atoms with Gasteiger partial charge in [-0.25, -0.2) is 4.79 Å². The second-order valence-electron chi connectivity index (χ2n) is 5.66. The molecule has 0 saturated heterocycles. The van der Waals surface area contributed by atoms with Gasteiger partial charge in [0.15, 0.2) is 0 Å². The Morgan fingerprint density at radius 3 is 2.47 bits per heavy atom. The maximum absolute atomic E-state index is 12.0. The third kappa shape index (κ3) is 3.08. The molecule has 2 N–H and O–H groups in total. The Balaban J connectivity index is 2.03. The lowest BCUT2D eigenvalue weighted by atomic mass is 10.2. The number of rotatable bonds is 3. The summed E-state index contributed by atoms with van der Waals surface area (Å²) in [6.07, 6.45) is 4.62. The van der Waals surface area contributed by atoms with Crippen molar-refractivity contribution in [2.45, 2.75) is 65.5 Å². The second kappa shape index (κ2) is 5.63.